The second-order valence-corrected chi connectivity index (χ2v) is 6.88. The zero-order valence-electron chi connectivity index (χ0n) is 12.7. The molecule has 0 bridgehead atoms. The van der Waals surface area contributed by atoms with Gasteiger partial charge in [0, 0.05) is 24.9 Å². The standard InChI is InChI=1S/C15H20ClN5S/c1-17-13-14(16)19-9-20-15(13)18-8-4-7-12-21-10-5-2-3-6-11(10)22-12/h9,17H,2-8H2,1H3,(H,18,19,20). The molecule has 0 aromatic carbocycles. The Morgan fingerprint density at radius 2 is 2.14 bits per heavy atom. The lowest BCUT2D eigenvalue weighted by Gasteiger charge is -2.10. The van der Waals surface area contributed by atoms with Gasteiger partial charge in [0.15, 0.2) is 11.0 Å². The fraction of sp³-hybridized carbons (Fsp3) is 0.533. The number of nitrogens with one attached hydrogen (secondary N) is 2. The van der Waals surface area contributed by atoms with Crippen LogP contribution in [0.1, 0.15) is 34.8 Å². The van der Waals surface area contributed by atoms with Gasteiger partial charge in [-0.3, -0.25) is 0 Å². The first kappa shape index (κ1) is 15.5. The molecule has 0 spiro atoms. The van der Waals surface area contributed by atoms with Gasteiger partial charge in [-0.1, -0.05) is 11.6 Å². The molecule has 0 amide bonds. The summed E-state index contributed by atoms with van der Waals surface area (Å²) < 4.78 is 0. The zero-order chi connectivity index (χ0) is 15.4. The first-order valence-corrected chi connectivity index (χ1v) is 8.87. The minimum absolute atomic E-state index is 0.438. The van der Waals surface area contributed by atoms with E-state index in [0.29, 0.717) is 5.15 Å². The minimum atomic E-state index is 0.438. The normalized spacial score (nSPS) is 13.7. The minimum Gasteiger partial charge on any atom is -0.383 e. The first-order chi connectivity index (χ1) is 10.8. The van der Waals surface area contributed by atoms with E-state index in [1.165, 1.54) is 41.2 Å². The molecule has 2 aromatic rings. The summed E-state index contributed by atoms with van der Waals surface area (Å²) in [4.78, 5) is 14.5. The molecule has 0 saturated carbocycles. The summed E-state index contributed by atoms with van der Waals surface area (Å²) in [5.74, 6) is 0.751. The summed E-state index contributed by atoms with van der Waals surface area (Å²) in [6.45, 7) is 0.840. The number of nitrogens with zero attached hydrogens (tertiary/aromatic N) is 3. The van der Waals surface area contributed by atoms with Crippen molar-refractivity contribution in [3.8, 4) is 0 Å². The Bertz CT molecular complexity index is 619. The predicted octanol–water partition coefficient (Wildman–Crippen LogP) is 3.55. The fourth-order valence-electron chi connectivity index (χ4n) is 2.68. The lowest BCUT2D eigenvalue weighted by atomic mass is 10.0. The van der Waals surface area contributed by atoms with Crippen LogP contribution in [0.15, 0.2) is 6.33 Å². The second kappa shape index (κ2) is 7.24. The molecule has 0 radical (unpaired) electrons. The Balaban J connectivity index is 1.51. The number of halogens is 1. The average molecular weight is 338 g/mol. The van der Waals surface area contributed by atoms with Gasteiger partial charge in [0.2, 0.25) is 0 Å². The predicted molar refractivity (Wildman–Crippen MR) is 92.2 cm³/mol. The van der Waals surface area contributed by atoms with E-state index < -0.39 is 0 Å². The number of anilines is 2. The molecule has 1 aliphatic rings. The van der Waals surface area contributed by atoms with Gasteiger partial charge in [0.25, 0.3) is 0 Å². The lowest BCUT2D eigenvalue weighted by molar-refractivity contribution is 0.679. The molecule has 22 heavy (non-hydrogen) atoms. The number of thiazole rings is 1. The number of aromatic nitrogens is 3. The molecular weight excluding hydrogens is 318 g/mol. The highest BCUT2D eigenvalue weighted by molar-refractivity contribution is 7.11. The van der Waals surface area contributed by atoms with Gasteiger partial charge >= 0.3 is 0 Å². The van der Waals surface area contributed by atoms with Gasteiger partial charge in [0.05, 0.1) is 10.7 Å². The Labute approximate surface area is 139 Å². The first-order valence-electron chi connectivity index (χ1n) is 7.67. The third kappa shape index (κ3) is 3.50. The van der Waals surface area contributed by atoms with Gasteiger partial charge in [-0.2, -0.15) is 0 Å². The van der Waals surface area contributed by atoms with Crippen molar-refractivity contribution < 1.29 is 0 Å². The van der Waals surface area contributed by atoms with Crippen molar-refractivity contribution in [3.05, 3.63) is 27.1 Å². The van der Waals surface area contributed by atoms with Crippen LogP contribution in [0.3, 0.4) is 0 Å². The Morgan fingerprint density at radius 3 is 2.95 bits per heavy atom. The summed E-state index contributed by atoms with van der Waals surface area (Å²) in [6, 6.07) is 0. The maximum Gasteiger partial charge on any atom is 0.157 e. The van der Waals surface area contributed by atoms with Gasteiger partial charge in [0.1, 0.15) is 12.0 Å². The summed E-state index contributed by atoms with van der Waals surface area (Å²) in [6.07, 6.45) is 8.50. The smallest absolute Gasteiger partial charge is 0.157 e. The summed E-state index contributed by atoms with van der Waals surface area (Å²) in [7, 11) is 1.82. The van der Waals surface area contributed by atoms with Gasteiger partial charge in [-0.15, -0.1) is 11.3 Å². The van der Waals surface area contributed by atoms with Crippen LogP contribution in [0.5, 0.6) is 0 Å². The average Bonchev–Trinajstić information content (AvgIpc) is 2.94. The number of rotatable bonds is 6. The molecule has 5 nitrogen and oxygen atoms in total. The molecule has 118 valence electrons. The van der Waals surface area contributed by atoms with Crippen molar-refractivity contribution >= 4 is 34.4 Å². The van der Waals surface area contributed by atoms with Crippen molar-refractivity contribution in [2.45, 2.75) is 38.5 Å². The molecule has 1 aliphatic carbocycles. The van der Waals surface area contributed by atoms with E-state index >= 15 is 0 Å². The van der Waals surface area contributed by atoms with Gasteiger partial charge < -0.3 is 10.6 Å². The van der Waals surface area contributed by atoms with Crippen LogP contribution in [-0.2, 0) is 19.3 Å². The molecule has 0 aliphatic heterocycles. The van der Waals surface area contributed by atoms with Crippen molar-refractivity contribution in [2.24, 2.45) is 0 Å². The maximum atomic E-state index is 6.03. The SMILES string of the molecule is CNc1c(Cl)ncnc1NCCCc1nc2c(s1)CCCC2. The van der Waals surface area contributed by atoms with Crippen molar-refractivity contribution in [1.29, 1.82) is 0 Å². The molecule has 2 N–H and O–H groups in total. The summed E-state index contributed by atoms with van der Waals surface area (Å²) in [5.41, 5.74) is 2.09. The molecule has 3 rings (SSSR count). The van der Waals surface area contributed by atoms with E-state index in [9.17, 15) is 0 Å². The second-order valence-electron chi connectivity index (χ2n) is 5.35. The molecule has 2 heterocycles. The van der Waals surface area contributed by atoms with E-state index in [4.69, 9.17) is 16.6 Å². The molecule has 0 unspecified atom stereocenters. The van der Waals surface area contributed by atoms with E-state index in [1.54, 1.807) is 0 Å². The Kier molecular flexibility index (Phi) is 5.10. The largest absolute Gasteiger partial charge is 0.383 e. The van der Waals surface area contributed by atoms with Crippen LogP contribution in [0.25, 0.3) is 0 Å². The van der Waals surface area contributed by atoms with E-state index in [1.807, 2.05) is 18.4 Å². The number of aryl methyl sites for hydroxylation is 3. The highest BCUT2D eigenvalue weighted by atomic mass is 35.5. The molecular formula is C15H20ClN5S. The van der Waals surface area contributed by atoms with Gasteiger partial charge in [-0.05, 0) is 32.1 Å². The fourth-order valence-corrected chi connectivity index (χ4v) is 4.10. The monoisotopic (exact) mass is 337 g/mol. The van der Waals surface area contributed by atoms with E-state index in [0.717, 1.165) is 37.3 Å². The number of fused-ring (bicyclic) bond motifs is 1. The molecule has 0 fully saturated rings. The Hall–Kier alpha value is -1.40. The van der Waals surface area contributed by atoms with Crippen molar-refractivity contribution in [2.75, 3.05) is 24.2 Å². The van der Waals surface area contributed by atoms with Gasteiger partial charge in [-0.25, -0.2) is 15.0 Å². The van der Waals surface area contributed by atoms with Crippen molar-refractivity contribution in [1.82, 2.24) is 15.0 Å². The van der Waals surface area contributed by atoms with Crippen molar-refractivity contribution in [3.63, 3.8) is 0 Å². The third-order valence-corrected chi connectivity index (χ3v) is 5.30. The maximum absolute atomic E-state index is 6.03. The number of hydrogen-bond acceptors (Lipinski definition) is 6. The molecule has 2 aromatic heterocycles. The summed E-state index contributed by atoms with van der Waals surface area (Å²) >= 11 is 7.93. The number of hydrogen-bond donors (Lipinski definition) is 2. The van der Waals surface area contributed by atoms with Crippen LogP contribution >= 0.6 is 22.9 Å². The van der Waals surface area contributed by atoms with Crippen LogP contribution in [0.2, 0.25) is 5.15 Å². The summed E-state index contributed by atoms with van der Waals surface area (Å²) in [5, 5.41) is 8.05. The zero-order valence-corrected chi connectivity index (χ0v) is 14.2. The van der Waals surface area contributed by atoms with E-state index in [2.05, 4.69) is 20.6 Å². The van der Waals surface area contributed by atoms with Crippen LogP contribution in [-0.4, -0.2) is 28.5 Å². The lowest BCUT2D eigenvalue weighted by Crippen LogP contribution is -2.08. The topological polar surface area (TPSA) is 62.7 Å². The highest BCUT2D eigenvalue weighted by Crippen LogP contribution is 2.28. The van der Waals surface area contributed by atoms with Crippen LogP contribution in [0, 0.1) is 0 Å². The highest BCUT2D eigenvalue weighted by Gasteiger charge is 2.14. The van der Waals surface area contributed by atoms with Crippen LogP contribution in [0.4, 0.5) is 11.5 Å². The quantitative estimate of drug-likeness (QED) is 0.623. The van der Waals surface area contributed by atoms with E-state index in [-0.39, 0.29) is 0 Å². The molecule has 0 atom stereocenters. The third-order valence-electron chi connectivity index (χ3n) is 3.80. The molecule has 0 saturated heterocycles. The van der Waals surface area contributed by atoms with Crippen LogP contribution < -0.4 is 10.6 Å². The Morgan fingerprint density at radius 1 is 1.27 bits per heavy atom. The molecule has 7 heteroatoms.